The van der Waals surface area contributed by atoms with E-state index in [1.165, 1.54) is 35.2 Å². The highest BCUT2D eigenvalue weighted by molar-refractivity contribution is 6.51. The fourth-order valence-electron chi connectivity index (χ4n) is 4.05. The molecule has 1 heterocycles. The van der Waals surface area contributed by atoms with Crippen LogP contribution in [-0.4, -0.2) is 26.8 Å². The molecule has 2 N–H and O–H groups in total. The number of phenols is 1. The molecule has 4 rings (SSSR count). The minimum absolute atomic E-state index is 0.000835. The molecule has 0 bridgehead atoms. The fraction of sp³-hybridized carbons (Fsp3) is 0.120. The van der Waals surface area contributed by atoms with Crippen molar-refractivity contribution in [2.45, 2.75) is 19.9 Å². The van der Waals surface area contributed by atoms with Gasteiger partial charge in [0.25, 0.3) is 17.4 Å². The number of phenolic OH excluding ortho intramolecular Hbond substituents is 1. The van der Waals surface area contributed by atoms with Crippen LogP contribution in [0, 0.1) is 24.0 Å². The van der Waals surface area contributed by atoms with Crippen LogP contribution < -0.4 is 4.90 Å². The van der Waals surface area contributed by atoms with E-state index in [0.29, 0.717) is 11.3 Å². The van der Waals surface area contributed by atoms with Gasteiger partial charge in [0.15, 0.2) is 0 Å². The number of nitrogens with zero attached hydrogens (tertiary/aromatic N) is 2. The molecule has 0 aromatic heterocycles. The van der Waals surface area contributed by atoms with Crippen molar-refractivity contribution in [3.63, 3.8) is 0 Å². The van der Waals surface area contributed by atoms with E-state index >= 15 is 0 Å². The van der Waals surface area contributed by atoms with Crippen LogP contribution in [0.5, 0.6) is 5.75 Å². The van der Waals surface area contributed by atoms with Gasteiger partial charge in [-0.1, -0.05) is 42.0 Å². The highest BCUT2D eigenvalue weighted by Crippen LogP contribution is 2.43. The summed E-state index contributed by atoms with van der Waals surface area (Å²) in [5.74, 6) is -2.24. The topological polar surface area (TPSA) is 121 Å². The van der Waals surface area contributed by atoms with Crippen LogP contribution in [0.15, 0.2) is 72.3 Å². The van der Waals surface area contributed by atoms with Gasteiger partial charge in [-0.3, -0.25) is 24.6 Å². The lowest BCUT2D eigenvalue weighted by atomic mass is 9.94. The molecule has 1 aliphatic heterocycles. The van der Waals surface area contributed by atoms with E-state index in [4.69, 9.17) is 0 Å². The van der Waals surface area contributed by atoms with E-state index in [9.17, 15) is 29.9 Å². The molecule has 1 unspecified atom stereocenters. The van der Waals surface area contributed by atoms with E-state index < -0.39 is 28.4 Å². The standard InChI is InChI=1S/C25H20N2O6/c1-14-6-11-20(15(2)12-14)26-22(16-7-9-19(28)10-8-16)21(24(30)25(26)31)23(29)17-4-3-5-18(13-17)27(32)33/h3-13,22,28-29H,1-2H3/b23-21-. The molecule has 3 aromatic carbocycles. The zero-order valence-electron chi connectivity index (χ0n) is 17.9. The molecule has 1 fully saturated rings. The molecular weight excluding hydrogens is 424 g/mol. The summed E-state index contributed by atoms with van der Waals surface area (Å²) in [4.78, 5) is 38.2. The van der Waals surface area contributed by atoms with Crippen LogP contribution in [0.25, 0.3) is 5.76 Å². The van der Waals surface area contributed by atoms with Gasteiger partial charge in [0.1, 0.15) is 11.5 Å². The zero-order chi connectivity index (χ0) is 23.9. The number of rotatable bonds is 4. The first-order chi connectivity index (χ1) is 15.7. The molecule has 1 atom stereocenters. The summed E-state index contributed by atoms with van der Waals surface area (Å²) < 4.78 is 0. The second-order valence-electron chi connectivity index (χ2n) is 7.86. The number of hydrogen-bond donors (Lipinski definition) is 2. The summed E-state index contributed by atoms with van der Waals surface area (Å²) in [6, 6.07) is 15.6. The Morgan fingerprint density at radius 1 is 1.00 bits per heavy atom. The number of nitro groups is 1. The van der Waals surface area contributed by atoms with Crippen LogP contribution in [0.2, 0.25) is 0 Å². The molecule has 1 saturated heterocycles. The van der Waals surface area contributed by atoms with Gasteiger partial charge in [0, 0.05) is 23.4 Å². The first kappa shape index (κ1) is 21.8. The number of Topliss-reactive ketones (excluding diaryl/α,β-unsaturated/α-hetero) is 1. The molecular formula is C25H20N2O6. The third-order valence-corrected chi connectivity index (χ3v) is 5.60. The maximum atomic E-state index is 13.2. The molecule has 8 heteroatoms. The summed E-state index contributed by atoms with van der Waals surface area (Å²) in [7, 11) is 0. The quantitative estimate of drug-likeness (QED) is 0.200. The van der Waals surface area contributed by atoms with E-state index in [1.54, 1.807) is 18.2 Å². The summed E-state index contributed by atoms with van der Waals surface area (Å²) >= 11 is 0. The minimum Gasteiger partial charge on any atom is -0.508 e. The SMILES string of the molecule is Cc1ccc(N2C(=O)C(=O)/C(=C(\O)c3cccc([N+](=O)[O-])c3)C2c2ccc(O)cc2)c(C)c1. The van der Waals surface area contributed by atoms with Gasteiger partial charge in [-0.25, -0.2) is 0 Å². The molecule has 3 aromatic rings. The van der Waals surface area contributed by atoms with Crippen molar-refractivity contribution in [3.8, 4) is 5.75 Å². The smallest absolute Gasteiger partial charge is 0.300 e. The highest BCUT2D eigenvalue weighted by Gasteiger charge is 2.47. The number of aliphatic hydroxyl groups is 1. The van der Waals surface area contributed by atoms with Gasteiger partial charge in [-0.15, -0.1) is 0 Å². The van der Waals surface area contributed by atoms with Crippen LogP contribution >= 0.6 is 0 Å². The number of hydrogen-bond acceptors (Lipinski definition) is 6. The Hall–Kier alpha value is -4.46. The Bertz CT molecular complexity index is 1330. The predicted octanol–water partition coefficient (Wildman–Crippen LogP) is 4.54. The monoisotopic (exact) mass is 444 g/mol. The molecule has 166 valence electrons. The minimum atomic E-state index is -0.994. The number of non-ortho nitro benzene ring substituents is 1. The summed E-state index contributed by atoms with van der Waals surface area (Å²) in [6.45, 7) is 3.72. The lowest BCUT2D eigenvalue weighted by Gasteiger charge is -2.27. The highest BCUT2D eigenvalue weighted by atomic mass is 16.6. The lowest BCUT2D eigenvalue weighted by Crippen LogP contribution is -2.30. The van der Waals surface area contributed by atoms with E-state index in [1.807, 2.05) is 26.0 Å². The van der Waals surface area contributed by atoms with Crippen molar-refractivity contribution in [1.82, 2.24) is 0 Å². The van der Waals surface area contributed by atoms with Gasteiger partial charge >= 0.3 is 0 Å². The summed E-state index contributed by atoms with van der Waals surface area (Å²) in [5.41, 5.74) is 2.32. The van der Waals surface area contributed by atoms with Crippen molar-refractivity contribution in [1.29, 1.82) is 0 Å². The Labute approximate surface area is 189 Å². The maximum Gasteiger partial charge on any atom is 0.300 e. The molecule has 1 aliphatic rings. The Kier molecular flexibility index (Phi) is 5.43. The average Bonchev–Trinajstić information content (AvgIpc) is 3.04. The van der Waals surface area contributed by atoms with Gasteiger partial charge in [-0.05, 0) is 43.2 Å². The summed E-state index contributed by atoms with van der Waals surface area (Å²) in [5, 5.41) is 32.0. The molecule has 33 heavy (non-hydrogen) atoms. The van der Waals surface area contributed by atoms with Crippen molar-refractivity contribution in [3.05, 3.63) is 105 Å². The van der Waals surface area contributed by atoms with Crippen molar-refractivity contribution < 1.29 is 24.7 Å². The number of ketones is 1. The van der Waals surface area contributed by atoms with Crippen molar-refractivity contribution in [2.75, 3.05) is 4.90 Å². The third kappa shape index (κ3) is 3.82. The number of anilines is 1. The van der Waals surface area contributed by atoms with Crippen LogP contribution in [0.1, 0.15) is 28.3 Å². The Morgan fingerprint density at radius 2 is 1.70 bits per heavy atom. The number of carbonyl (C=O) groups excluding carboxylic acids is 2. The first-order valence-electron chi connectivity index (χ1n) is 10.1. The number of aromatic hydroxyl groups is 1. The normalized spacial score (nSPS) is 17.4. The first-order valence-corrected chi connectivity index (χ1v) is 10.1. The number of aliphatic hydroxyl groups excluding tert-OH is 1. The van der Waals surface area contributed by atoms with Crippen LogP contribution in [-0.2, 0) is 9.59 Å². The van der Waals surface area contributed by atoms with Crippen LogP contribution in [0.3, 0.4) is 0 Å². The zero-order valence-corrected chi connectivity index (χ0v) is 17.9. The molecule has 0 spiro atoms. The summed E-state index contributed by atoms with van der Waals surface area (Å²) in [6.07, 6.45) is 0. The average molecular weight is 444 g/mol. The molecule has 0 aliphatic carbocycles. The second-order valence-corrected chi connectivity index (χ2v) is 7.86. The fourth-order valence-corrected chi connectivity index (χ4v) is 4.05. The van der Waals surface area contributed by atoms with Crippen LogP contribution in [0.4, 0.5) is 11.4 Å². The number of carbonyl (C=O) groups is 2. The molecule has 0 radical (unpaired) electrons. The van der Waals surface area contributed by atoms with Gasteiger partial charge < -0.3 is 10.2 Å². The van der Waals surface area contributed by atoms with Gasteiger partial charge in [0.2, 0.25) is 0 Å². The van der Waals surface area contributed by atoms with Crippen molar-refractivity contribution in [2.24, 2.45) is 0 Å². The predicted molar refractivity (Wildman–Crippen MR) is 122 cm³/mol. The molecule has 1 amide bonds. The Morgan fingerprint density at radius 3 is 2.33 bits per heavy atom. The van der Waals surface area contributed by atoms with Gasteiger partial charge in [0.05, 0.1) is 16.5 Å². The number of amides is 1. The van der Waals surface area contributed by atoms with Crippen molar-refractivity contribution >= 4 is 28.8 Å². The maximum absolute atomic E-state index is 13.2. The lowest BCUT2D eigenvalue weighted by molar-refractivity contribution is -0.384. The molecule has 0 saturated carbocycles. The third-order valence-electron chi connectivity index (χ3n) is 5.60. The number of nitro benzene ring substituents is 1. The van der Waals surface area contributed by atoms with E-state index in [0.717, 1.165) is 17.2 Å². The molecule has 8 nitrogen and oxygen atoms in total. The van der Waals surface area contributed by atoms with Gasteiger partial charge in [-0.2, -0.15) is 0 Å². The largest absolute Gasteiger partial charge is 0.508 e. The van der Waals surface area contributed by atoms with E-state index in [-0.39, 0.29) is 22.6 Å². The number of benzene rings is 3. The number of aryl methyl sites for hydroxylation is 2. The Balaban J connectivity index is 1.97. The second kappa shape index (κ2) is 8.23. The van der Waals surface area contributed by atoms with E-state index in [2.05, 4.69) is 0 Å².